The molecule has 2 N–H and O–H groups in total. The molecule has 6 heteroatoms. The molecule has 1 aliphatic rings. The molecule has 1 aromatic carbocycles. The monoisotopic (exact) mass is 330 g/mol. The summed E-state index contributed by atoms with van der Waals surface area (Å²) < 4.78 is 7.52. The van der Waals surface area contributed by atoms with E-state index in [9.17, 15) is 4.79 Å². The lowest BCUT2D eigenvalue weighted by Gasteiger charge is -2.21. The minimum absolute atomic E-state index is 0.0236. The van der Waals surface area contributed by atoms with E-state index in [0.29, 0.717) is 12.6 Å². The van der Waals surface area contributed by atoms with Crippen LogP contribution in [0.3, 0.4) is 0 Å². The fourth-order valence-electron chi connectivity index (χ4n) is 3.15. The van der Waals surface area contributed by atoms with E-state index in [2.05, 4.69) is 20.2 Å². The van der Waals surface area contributed by atoms with Crippen LogP contribution in [-0.4, -0.2) is 41.8 Å². The topological polar surface area (TPSA) is 68.2 Å². The van der Waals surface area contributed by atoms with Gasteiger partial charge in [-0.1, -0.05) is 12.1 Å². The van der Waals surface area contributed by atoms with Crippen molar-refractivity contribution in [3.63, 3.8) is 0 Å². The molecule has 0 saturated carbocycles. The van der Waals surface area contributed by atoms with Crippen molar-refractivity contribution in [3.8, 4) is 0 Å². The second-order valence-electron chi connectivity index (χ2n) is 6.16. The van der Waals surface area contributed by atoms with E-state index in [1.54, 1.807) is 0 Å². The molecule has 1 saturated heterocycles. The van der Waals surface area contributed by atoms with Crippen LogP contribution in [0.15, 0.2) is 24.3 Å². The lowest BCUT2D eigenvalue weighted by molar-refractivity contribution is -0.120. The fourth-order valence-corrected chi connectivity index (χ4v) is 3.15. The minimum atomic E-state index is 0.0236. The third-order valence-electron chi connectivity index (χ3n) is 4.43. The number of piperidine rings is 1. The van der Waals surface area contributed by atoms with Crippen LogP contribution in [0.25, 0.3) is 11.0 Å². The standard InChI is InChI=1S/C18H26N4O2/c1-2-24-12-6-11-22-16-9-4-3-8-15(16)20-18(22)21-17(23)14-7-5-10-19-13-14/h3-4,8-9,14,19H,2,5-7,10-13H2,1H3,(H,20,21,23). The summed E-state index contributed by atoms with van der Waals surface area (Å²) >= 11 is 0. The first-order chi connectivity index (χ1) is 11.8. The molecule has 0 spiro atoms. The zero-order valence-corrected chi connectivity index (χ0v) is 14.3. The Labute approximate surface area is 142 Å². The summed E-state index contributed by atoms with van der Waals surface area (Å²) in [5, 5.41) is 6.33. The smallest absolute Gasteiger partial charge is 0.231 e. The van der Waals surface area contributed by atoms with Crippen LogP contribution in [0.1, 0.15) is 26.2 Å². The van der Waals surface area contributed by atoms with Crippen LogP contribution in [0.5, 0.6) is 0 Å². The van der Waals surface area contributed by atoms with Crippen molar-refractivity contribution in [2.24, 2.45) is 5.92 Å². The molecule has 24 heavy (non-hydrogen) atoms. The van der Waals surface area contributed by atoms with Gasteiger partial charge in [0.25, 0.3) is 0 Å². The van der Waals surface area contributed by atoms with Crippen LogP contribution in [0.2, 0.25) is 0 Å². The first-order valence-electron chi connectivity index (χ1n) is 8.84. The maximum Gasteiger partial charge on any atom is 0.231 e. The molecule has 1 atom stereocenters. The SMILES string of the molecule is CCOCCCn1c(NC(=O)C2CCCNC2)nc2ccccc21. The number of hydrogen-bond donors (Lipinski definition) is 2. The number of benzene rings is 1. The molecule has 0 aliphatic carbocycles. The van der Waals surface area contributed by atoms with Crippen molar-refractivity contribution in [1.29, 1.82) is 0 Å². The van der Waals surface area contributed by atoms with Gasteiger partial charge >= 0.3 is 0 Å². The molecule has 0 radical (unpaired) electrons. The van der Waals surface area contributed by atoms with Crippen molar-refractivity contribution in [1.82, 2.24) is 14.9 Å². The summed E-state index contributed by atoms with van der Waals surface area (Å²) in [7, 11) is 0. The van der Waals surface area contributed by atoms with Gasteiger partial charge in [-0.15, -0.1) is 0 Å². The molecule has 0 bridgehead atoms. The van der Waals surface area contributed by atoms with Crippen LogP contribution < -0.4 is 10.6 Å². The van der Waals surface area contributed by atoms with Crippen LogP contribution >= 0.6 is 0 Å². The predicted octanol–water partition coefficient (Wildman–Crippen LogP) is 2.40. The molecule has 1 aliphatic heterocycles. The second kappa shape index (κ2) is 8.26. The third kappa shape index (κ3) is 3.94. The van der Waals surface area contributed by atoms with E-state index in [-0.39, 0.29) is 11.8 Å². The second-order valence-corrected chi connectivity index (χ2v) is 6.16. The number of nitrogens with zero attached hydrogens (tertiary/aromatic N) is 2. The van der Waals surface area contributed by atoms with Gasteiger partial charge in [0.1, 0.15) is 0 Å². The maximum absolute atomic E-state index is 12.5. The quantitative estimate of drug-likeness (QED) is 0.765. The van der Waals surface area contributed by atoms with Crippen molar-refractivity contribution in [3.05, 3.63) is 24.3 Å². The van der Waals surface area contributed by atoms with E-state index in [4.69, 9.17) is 4.74 Å². The van der Waals surface area contributed by atoms with Gasteiger partial charge in [-0.3, -0.25) is 10.1 Å². The lowest BCUT2D eigenvalue weighted by atomic mass is 9.99. The summed E-state index contributed by atoms with van der Waals surface area (Å²) in [6.45, 7) is 5.96. The number of aryl methyl sites for hydroxylation is 1. The van der Waals surface area contributed by atoms with E-state index < -0.39 is 0 Å². The minimum Gasteiger partial charge on any atom is -0.382 e. The Morgan fingerprint density at radius 2 is 2.33 bits per heavy atom. The normalized spacial score (nSPS) is 18.0. The van der Waals surface area contributed by atoms with Crippen molar-refractivity contribution in [2.45, 2.75) is 32.7 Å². The van der Waals surface area contributed by atoms with Gasteiger partial charge < -0.3 is 14.6 Å². The Balaban J connectivity index is 1.76. The van der Waals surface area contributed by atoms with Crippen LogP contribution in [-0.2, 0) is 16.1 Å². The molecular formula is C18H26N4O2. The molecule has 1 amide bonds. The van der Waals surface area contributed by atoms with Gasteiger partial charge in [0.15, 0.2) is 0 Å². The number of amides is 1. The number of fused-ring (bicyclic) bond motifs is 1. The van der Waals surface area contributed by atoms with Crippen molar-refractivity contribution < 1.29 is 9.53 Å². The first kappa shape index (κ1) is 16.9. The van der Waals surface area contributed by atoms with E-state index in [1.165, 1.54) is 0 Å². The van der Waals surface area contributed by atoms with Crippen LogP contribution in [0, 0.1) is 5.92 Å². The summed E-state index contributed by atoms with van der Waals surface area (Å²) in [6.07, 6.45) is 2.87. The third-order valence-corrected chi connectivity index (χ3v) is 4.43. The number of nitrogens with one attached hydrogen (secondary N) is 2. The number of aromatic nitrogens is 2. The maximum atomic E-state index is 12.5. The Morgan fingerprint density at radius 3 is 3.12 bits per heavy atom. The summed E-state index contributed by atoms with van der Waals surface area (Å²) in [5.41, 5.74) is 1.96. The number of anilines is 1. The Hall–Kier alpha value is -1.92. The summed E-state index contributed by atoms with van der Waals surface area (Å²) in [5.74, 6) is 0.724. The predicted molar refractivity (Wildman–Crippen MR) is 95.1 cm³/mol. The largest absolute Gasteiger partial charge is 0.382 e. The highest BCUT2D eigenvalue weighted by molar-refractivity contribution is 5.93. The average molecular weight is 330 g/mol. The number of carbonyl (C=O) groups excluding carboxylic acids is 1. The number of ether oxygens (including phenoxy) is 1. The Bertz CT molecular complexity index is 677. The molecule has 130 valence electrons. The number of para-hydroxylation sites is 2. The number of hydrogen-bond acceptors (Lipinski definition) is 4. The number of imidazole rings is 1. The average Bonchev–Trinajstić information content (AvgIpc) is 2.97. The lowest BCUT2D eigenvalue weighted by Crippen LogP contribution is -2.37. The zero-order valence-electron chi connectivity index (χ0n) is 14.3. The van der Waals surface area contributed by atoms with Gasteiger partial charge in [-0.05, 0) is 44.9 Å². The molecule has 3 rings (SSSR count). The zero-order chi connectivity index (χ0) is 16.8. The highest BCUT2D eigenvalue weighted by Crippen LogP contribution is 2.21. The molecule has 1 fully saturated rings. The van der Waals surface area contributed by atoms with Gasteiger partial charge in [0.2, 0.25) is 11.9 Å². The van der Waals surface area contributed by atoms with E-state index in [0.717, 1.165) is 56.5 Å². The van der Waals surface area contributed by atoms with Gasteiger partial charge in [-0.25, -0.2) is 4.98 Å². The van der Waals surface area contributed by atoms with E-state index in [1.807, 2.05) is 31.2 Å². The van der Waals surface area contributed by atoms with Gasteiger partial charge in [0, 0.05) is 26.3 Å². The highest BCUT2D eigenvalue weighted by atomic mass is 16.5. The van der Waals surface area contributed by atoms with E-state index >= 15 is 0 Å². The molecular weight excluding hydrogens is 304 g/mol. The summed E-state index contributed by atoms with van der Waals surface area (Å²) in [6, 6.07) is 7.99. The summed E-state index contributed by atoms with van der Waals surface area (Å²) in [4.78, 5) is 17.2. The van der Waals surface area contributed by atoms with Gasteiger partial charge in [-0.2, -0.15) is 0 Å². The molecule has 1 unspecified atom stereocenters. The number of carbonyl (C=O) groups is 1. The molecule has 2 aromatic rings. The molecule has 2 heterocycles. The Kier molecular flexibility index (Phi) is 5.82. The first-order valence-corrected chi connectivity index (χ1v) is 8.84. The highest BCUT2D eigenvalue weighted by Gasteiger charge is 2.22. The van der Waals surface area contributed by atoms with Crippen LogP contribution in [0.4, 0.5) is 5.95 Å². The van der Waals surface area contributed by atoms with Gasteiger partial charge in [0.05, 0.1) is 17.0 Å². The molecule has 6 nitrogen and oxygen atoms in total. The van der Waals surface area contributed by atoms with Crippen molar-refractivity contribution >= 4 is 22.9 Å². The molecule has 1 aromatic heterocycles. The number of rotatable bonds is 7. The van der Waals surface area contributed by atoms with Crippen molar-refractivity contribution in [2.75, 3.05) is 31.6 Å². The Morgan fingerprint density at radius 1 is 1.46 bits per heavy atom. The fraction of sp³-hybridized carbons (Fsp3) is 0.556.